The van der Waals surface area contributed by atoms with Crippen LogP contribution in [0, 0.1) is 0 Å². The van der Waals surface area contributed by atoms with E-state index in [-0.39, 0.29) is 93.0 Å². The molecule has 0 aromatic heterocycles. The number of anilines is 2. The number of fused-ring (bicyclic) bond motifs is 2. The molecule has 144 valence electrons. The summed E-state index contributed by atoms with van der Waals surface area (Å²) in [6.45, 7) is 0. The molecular weight excluding hydrogens is 458 g/mol. The van der Waals surface area contributed by atoms with Gasteiger partial charge in [0, 0.05) is 11.1 Å². The molecule has 0 bridgehead atoms. The molecule has 2 aliphatic rings. The first-order valence-electron chi connectivity index (χ1n) is 7.54. The van der Waals surface area contributed by atoms with Gasteiger partial charge in [-0.1, -0.05) is 0 Å². The smallest absolute Gasteiger partial charge is 0.744 e. The topological polar surface area (TPSA) is 173 Å². The summed E-state index contributed by atoms with van der Waals surface area (Å²) in [5.41, 5.74) is -0.187. The molecule has 0 amide bonds. The molecule has 0 saturated carbocycles. The van der Waals surface area contributed by atoms with Crippen LogP contribution in [0.4, 0.5) is 11.4 Å². The third-order valence-corrected chi connectivity index (χ3v) is 5.93. The van der Waals surface area contributed by atoms with E-state index in [1.165, 1.54) is 12.1 Å². The Kier molecular flexibility index (Phi) is 7.11. The molecule has 0 atom stereocenters. The second-order valence-corrected chi connectivity index (χ2v) is 8.74. The van der Waals surface area contributed by atoms with Gasteiger partial charge in [0.1, 0.15) is 31.6 Å². The average Bonchev–Trinajstić information content (AvgIpc) is 3.10. The number of rotatable bonds is 2. The van der Waals surface area contributed by atoms with Gasteiger partial charge in [0.25, 0.3) is 0 Å². The largest absolute Gasteiger partial charge is 1.00 e. The van der Waals surface area contributed by atoms with E-state index < -0.39 is 41.6 Å². The maximum Gasteiger partial charge on any atom is 1.00 e. The Labute approximate surface area is 215 Å². The van der Waals surface area contributed by atoms with Gasteiger partial charge in [0.15, 0.2) is 0 Å². The Morgan fingerprint density at radius 2 is 0.967 bits per heavy atom. The van der Waals surface area contributed by atoms with Crippen LogP contribution < -0.4 is 69.7 Å². The minimum Gasteiger partial charge on any atom is -0.744 e. The molecule has 2 aromatic rings. The molecule has 4 rings (SSSR count). The van der Waals surface area contributed by atoms with E-state index in [4.69, 9.17) is 0 Å². The summed E-state index contributed by atoms with van der Waals surface area (Å²) in [7, 11) is -9.55. The molecule has 0 saturated heterocycles. The summed E-state index contributed by atoms with van der Waals surface area (Å²) in [6, 6.07) is 6.32. The fraction of sp³-hybridized carbons (Fsp3) is 0. The van der Waals surface area contributed by atoms with Crippen molar-refractivity contribution in [2.24, 2.45) is 0 Å². The molecule has 30 heavy (non-hydrogen) atoms. The van der Waals surface area contributed by atoms with Crippen LogP contribution in [0.5, 0.6) is 0 Å². The van der Waals surface area contributed by atoms with Crippen LogP contribution in [0.15, 0.2) is 57.6 Å². The number of carbonyl (C=O) groups excluding carboxylic acids is 2. The van der Waals surface area contributed by atoms with Gasteiger partial charge in [0.05, 0.1) is 21.2 Å². The van der Waals surface area contributed by atoms with Gasteiger partial charge in [-0.25, -0.2) is 16.8 Å². The number of allylic oxidation sites excluding steroid dienone is 2. The number of Topliss-reactive ketones (excluding diaryl/α,β-unsaturated/α-hetero) is 2. The van der Waals surface area contributed by atoms with Crippen LogP contribution in [0.3, 0.4) is 0 Å². The molecule has 0 fully saturated rings. The van der Waals surface area contributed by atoms with Gasteiger partial charge < -0.3 is 19.7 Å². The van der Waals surface area contributed by atoms with E-state index in [9.17, 15) is 35.5 Å². The fourth-order valence-electron chi connectivity index (χ4n) is 2.96. The van der Waals surface area contributed by atoms with Crippen LogP contribution in [0.25, 0.3) is 0 Å². The van der Waals surface area contributed by atoms with E-state index in [2.05, 4.69) is 10.6 Å². The monoisotopic (exact) mass is 466 g/mol. The SMILES string of the molecule is O=C1C(=C2Nc3ccc(S(=O)(=O)[O-])cc3C2=O)Nc2ccc(S(=O)(=O)[O-])cc21.[Na+].[Na+]. The molecule has 14 heteroatoms. The number of benzene rings is 2. The molecule has 2 heterocycles. The number of nitrogens with one attached hydrogen (secondary N) is 2. The number of carbonyl (C=O) groups is 2. The van der Waals surface area contributed by atoms with Crippen molar-refractivity contribution in [1.82, 2.24) is 0 Å². The minimum atomic E-state index is -4.77. The Morgan fingerprint density at radius 3 is 1.27 bits per heavy atom. The van der Waals surface area contributed by atoms with Gasteiger partial charge in [-0.2, -0.15) is 0 Å². The number of hydrogen-bond acceptors (Lipinski definition) is 10. The molecule has 10 nitrogen and oxygen atoms in total. The van der Waals surface area contributed by atoms with Gasteiger partial charge in [-0.15, -0.1) is 0 Å². The average molecular weight is 466 g/mol. The van der Waals surface area contributed by atoms with Crippen LogP contribution >= 0.6 is 0 Å². The maximum atomic E-state index is 12.6. The van der Waals surface area contributed by atoms with E-state index in [0.717, 1.165) is 24.3 Å². The number of hydrogen-bond donors (Lipinski definition) is 2. The summed E-state index contributed by atoms with van der Waals surface area (Å²) < 4.78 is 66.9. The van der Waals surface area contributed by atoms with Crippen molar-refractivity contribution in [3.05, 3.63) is 58.9 Å². The van der Waals surface area contributed by atoms with Crippen molar-refractivity contribution in [3.8, 4) is 0 Å². The second kappa shape index (κ2) is 8.47. The normalized spacial score (nSPS) is 17.3. The van der Waals surface area contributed by atoms with Crippen molar-refractivity contribution in [2.75, 3.05) is 10.6 Å². The molecule has 0 spiro atoms. The third kappa shape index (κ3) is 4.30. The molecule has 0 radical (unpaired) electrons. The Balaban J connectivity index is 0.00000160. The summed E-state index contributed by atoms with van der Waals surface area (Å²) in [6.07, 6.45) is 0. The van der Waals surface area contributed by atoms with E-state index >= 15 is 0 Å². The first-order chi connectivity index (χ1) is 13.0. The Bertz CT molecular complexity index is 1250. The molecular formula is C16H8N2Na2O8S2. The zero-order valence-electron chi connectivity index (χ0n) is 15.5. The fourth-order valence-corrected chi connectivity index (χ4v) is 3.95. The molecule has 2 N–H and O–H groups in total. The van der Waals surface area contributed by atoms with Crippen molar-refractivity contribution >= 4 is 43.2 Å². The zero-order chi connectivity index (χ0) is 20.4. The van der Waals surface area contributed by atoms with Gasteiger partial charge in [-0.3, -0.25) is 9.59 Å². The van der Waals surface area contributed by atoms with Crippen LogP contribution in [-0.4, -0.2) is 37.5 Å². The van der Waals surface area contributed by atoms with E-state index in [1.54, 1.807) is 0 Å². The van der Waals surface area contributed by atoms with E-state index in [1.807, 2.05) is 0 Å². The van der Waals surface area contributed by atoms with Crippen molar-refractivity contribution in [3.63, 3.8) is 0 Å². The second-order valence-electron chi connectivity index (χ2n) is 5.98. The summed E-state index contributed by atoms with van der Waals surface area (Å²) >= 11 is 0. The minimum absolute atomic E-state index is 0. The standard InChI is InChI=1S/C16H10N2O8S2.2Na/c19-15-9-5-7(27(21,22)23)1-3-11(9)17-13(15)14-16(20)10-6-8(28(24,25)26)2-4-12(10)18-14;;/h1-6,17-18H,(H,21,22,23)(H,24,25,26);;/q;2*+1/p-2. The molecule has 2 aliphatic heterocycles. The van der Waals surface area contributed by atoms with Gasteiger partial charge in [-0.05, 0) is 36.4 Å². The maximum absolute atomic E-state index is 12.6. The number of ketones is 2. The first kappa shape index (κ1) is 25.2. The summed E-state index contributed by atoms with van der Waals surface area (Å²) in [5, 5.41) is 5.37. The predicted octanol–water partition coefficient (Wildman–Crippen LogP) is -5.37. The molecule has 0 unspecified atom stereocenters. The summed E-state index contributed by atoms with van der Waals surface area (Å²) in [5.74, 6) is -1.44. The van der Waals surface area contributed by atoms with Crippen LogP contribution in [0.1, 0.15) is 20.7 Å². The van der Waals surface area contributed by atoms with Crippen LogP contribution in [0.2, 0.25) is 0 Å². The zero-order valence-corrected chi connectivity index (χ0v) is 21.2. The Hall–Kier alpha value is -1.06. The predicted molar refractivity (Wildman–Crippen MR) is 91.7 cm³/mol. The van der Waals surface area contributed by atoms with Crippen molar-refractivity contribution < 1.29 is 94.6 Å². The van der Waals surface area contributed by atoms with Crippen molar-refractivity contribution in [1.29, 1.82) is 0 Å². The van der Waals surface area contributed by atoms with Crippen LogP contribution in [-0.2, 0) is 20.2 Å². The molecule has 0 aliphatic carbocycles. The molecule has 2 aromatic carbocycles. The van der Waals surface area contributed by atoms with Crippen molar-refractivity contribution in [2.45, 2.75) is 9.79 Å². The third-order valence-electron chi connectivity index (χ3n) is 4.27. The first-order valence-corrected chi connectivity index (χ1v) is 10.4. The van der Waals surface area contributed by atoms with Gasteiger partial charge in [0.2, 0.25) is 11.6 Å². The van der Waals surface area contributed by atoms with Gasteiger partial charge >= 0.3 is 59.1 Å². The Morgan fingerprint density at radius 1 is 0.633 bits per heavy atom. The quantitative estimate of drug-likeness (QED) is 0.247. The summed E-state index contributed by atoms with van der Waals surface area (Å²) in [4.78, 5) is 24.1. The van der Waals surface area contributed by atoms with E-state index in [0.29, 0.717) is 0 Å².